The van der Waals surface area contributed by atoms with Crippen LogP contribution in [0.5, 0.6) is 5.75 Å². The summed E-state index contributed by atoms with van der Waals surface area (Å²) in [5, 5.41) is 4.23. The molecule has 3 nitrogen and oxygen atoms in total. The van der Waals surface area contributed by atoms with E-state index < -0.39 is 0 Å². The van der Waals surface area contributed by atoms with Crippen LogP contribution >= 0.6 is 11.6 Å². The average Bonchev–Trinajstić information content (AvgIpc) is 2.37. The molecule has 1 aromatic rings. The highest BCUT2D eigenvalue weighted by atomic mass is 35.5. The molecule has 0 aliphatic carbocycles. The molecule has 0 heterocycles. The highest BCUT2D eigenvalue weighted by Crippen LogP contribution is 2.23. The molecule has 3 N–H and O–H groups in total. The van der Waals surface area contributed by atoms with Gasteiger partial charge < -0.3 is 15.8 Å². The largest absolute Gasteiger partial charge is 0.497 e. The summed E-state index contributed by atoms with van der Waals surface area (Å²) in [6, 6.07) is 5.66. The minimum absolute atomic E-state index is 0.0909. The van der Waals surface area contributed by atoms with Crippen LogP contribution in [0.1, 0.15) is 26.3 Å². The van der Waals surface area contributed by atoms with Gasteiger partial charge in [0.15, 0.2) is 0 Å². The average molecular weight is 271 g/mol. The predicted molar refractivity (Wildman–Crippen MR) is 77.1 cm³/mol. The second-order valence-electron chi connectivity index (χ2n) is 5.09. The van der Waals surface area contributed by atoms with Crippen LogP contribution < -0.4 is 15.8 Å². The van der Waals surface area contributed by atoms with Crippen molar-refractivity contribution in [1.29, 1.82) is 0 Å². The van der Waals surface area contributed by atoms with Crippen molar-refractivity contribution in [1.82, 2.24) is 5.32 Å². The Bertz CT molecular complexity index is 395. The van der Waals surface area contributed by atoms with E-state index in [-0.39, 0.29) is 5.54 Å². The summed E-state index contributed by atoms with van der Waals surface area (Å²) in [6.45, 7) is 7.72. The zero-order valence-corrected chi connectivity index (χ0v) is 12.3. The number of rotatable bonds is 6. The van der Waals surface area contributed by atoms with Gasteiger partial charge in [-0.15, -0.1) is 0 Å². The molecule has 102 valence electrons. The first-order valence-electron chi connectivity index (χ1n) is 6.20. The molecule has 0 aliphatic rings. The number of ether oxygens (including phenoxy) is 1. The maximum absolute atomic E-state index is 6.18. The van der Waals surface area contributed by atoms with Gasteiger partial charge in [-0.1, -0.05) is 25.4 Å². The number of methoxy groups -OCH3 is 1. The molecule has 1 aromatic carbocycles. The molecule has 0 fully saturated rings. The monoisotopic (exact) mass is 270 g/mol. The van der Waals surface area contributed by atoms with Gasteiger partial charge in [0.25, 0.3) is 0 Å². The molecule has 4 heteroatoms. The Morgan fingerprint density at radius 1 is 1.44 bits per heavy atom. The topological polar surface area (TPSA) is 47.3 Å². The maximum atomic E-state index is 6.18. The fourth-order valence-corrected chi connectivity index (χ4v) is 1.81. The Hall–Kier alpha value is -0.770. The Labute approximate surface area is 115 Å². The first kappa shape index (κ1) is 15.3. The van der Waals surface area contributed by atoms with Gasteiger partial charge in [0.05, 0.1) is 7.11 Å². The quantitative estimate of drug-likeness (QED) is 0.836. The van der Waals surface area contributed by atoms with Crippen molar-refractivity contribution in [2.45, 2.75) is 32.9 Å². The fourth-order valence-electron chi connectivity index (χ4n) is 1.62. The molecule has 0 saturated carbocycles. The van der Waals surface area contributed by atoms with Gasteiger partial charge in [0.1, 0.15) is 5.75 Å². The Morgan fingerprint density at radius 3 is 2.61 bits per heavy atom. The standard InChI is InChI=1S/C14H23ClN2O/c1-10(2)14(3,9-16)17-8-11-7-12(18-4)5-6-13(11)15/h5-7,10,17H,8-9,16H2,1-4H3. The molecular formula is C14H23ClN2O. The van der Waals surface area contributed by atoms with E-state index in [1.807, 2.05) is 18.2 Å². The number of nitrogens with one attached hydrogen (secondary N) is 1. The van der Waals surface area contributed by atoms with E-state index in [2.05, 4.69) is 26.1 Å². The molecule has 18 heavy (non-hydrogen) atoms. The lowest BCUT2D eigenvalue weighted by Gasteiger charge is -2.34. The van der Waals surface area contributed by atoms with Gasteiger partial charge in [-0.05, 0) is 36.6 Å². The third-order valence-corrected chi connectivity index (χ3v) is 4.00. The SMILES string of the molecule is COc1ccc(Cl)c(CNC(C)(CN)C(C)C)c1. The molecule has 0 bridgehead atoms. The molecule has 0 aliphatic heterocycles. The summed E-state index contributed by atoms with van der Waals surface area (Å²) >= 11 is 6.18. The van der Waals surface area contributed by atoms with Crippen LogP contribution in [0.2, 0.25) is 5.02 Å². The van der Waals surface area contributed by atoms with Crippen molar-refractivity contribution in [3.63, 3.8) is 0 Å². The second kappa shape index (κ2) is 6.41. The zero-order valence-electron chi connectivity index (χ0n) is 11.6. The van der Waals surface area contributed by atoms with Crippen LogP contribution in [0, 0.1) is 5.92 Å². The van der Waals surface area contributed by atoms with Gasteiger partial charge in [0.2, 0.25) is 0 Å². The van der Waals surface area contributed by atoms with Gasteiger partial charge in [-0.2, -0.15) is 0 Å². The highest BCUT2D eigenvalue weighted by Gasteiger charge is 2.25. The lowest BCUT2D eigenvalue weighted by Crippen LogP contribution is -2.52. The highest BCUT2D eigenvalue weighted by molar-refractivity contribution is 6.31. The molecule has 0 saturated heterocycles. The third-order valence-electron chi connectivity index (χ3n) is 3.63. The van der Waals surface area contributed by atoms with E-state index >= 15 is 0 Å². The van der Waals surface area contributed by atoms with Gasteiger partial charge >= 0.3 is 0 Å². The maximum Gasteiger partial charge on any atom is 0.119 e. The summed E-state index contributed by atoms with van der Waals surface area (Å²) in [6.07, 6.45) is 0. The van der Waals surface area contributed by atoms with Crippen molar-refractivity contribution in [3.8, 4) is 5.75 Å². The fraction of sp³-hybridized carbons (Fsp3) is 0.571. The molecule has 0 amide bonds. The minimum Gasteiger partial charge on any atom is -0.497 e. The van der Waals surface area contributed by atoms with Crippen LogP contribution in [-0.2, 0) is 6.54 Å². The number of halogens is 1. The van der Waals surface area contributed by atoms with Gasteiger partial charge in [-0.3, -0.25) is 0 Å². The molecule has 0 spiro atoms. The number of benzene rings is 1. The smallest absolute Gasteiger partial charge is 0.119 e. The molecule has 0 radical (unpaired) electrons. The van der Waals surface area contributed by atoms with Crippen LogP contribution in [0.25, 0.3) is 0 Å². The van der Waals surface area contributed by atoms with Crippen molar-refractivity contribution >= 4 is 11.6 Å². The van der Waals surface area contributed by atoms with Crippen molar-refractivity contribution < 1.29 is 4.74 Å². The van der Waals surface area contributed by atoms with Crippen LogP contribution in [0.15, 0.2) is 18.2 Å². The number of nitrogens with two attached hydrogens (primary N) is 1. The van der Waals surface area contributed by atoms with E-state index in [1.54, 1.807) is 7.11 Å². The lowest BCUT2D eigenvalue weighted by atomic mass is 9.88. The van der Waals surface area contributed by atoms with Gasteiger partial charge in [-0.25, -0.2) is 0 Å². The number of hydrogen-bond acceptors (Lipinski definition) is 3. The summed E-state index contributed by atoms with van der Waals surface area (Å²) in [4.78, 5) is 0. The molecule has 1 rings (SSSR count). The zero-order chi connectivity index (χ0) is 13.8. The van der Waals surface area contributed by atoms with Crippen LogP contribution in [0.4, 0.5) is 0 Å². The third kappa shape index (κ3) is 3.61. The first-order valence-corrected chi connectivity index (χ1v) is 6.58. The molecule has 1 atom stereocenters. The first-order chi connectivity index (χ1) is 8.42. The molecule has 1 unspecified atom stereocenters. The van der Waals surface area contributed by atoms with Crippen molar-refractivity contribution in [2.75, 3.05) is 13.7 Å². The van der Waals surface area contributed by atoms with E-state index in [0.717, 1.165) is 16.3 Å². The summed E-state index contributed by atoms with van der Waals surface area (Å²) in [5.74, 6) is 1.27. The molecular weight excluding hydrogens is 248 g/mol. The van der Waals surface area contributed by atoms with E-state index in [9.17, 15) is 0 Å². The summed E-state index contributed by atoms with van der Waals surface area (Å²) in [7, 11) is 1.65. The summed E-state index contributed by atoms with van der Waals surface area (Å²) < 4.78 is 5.20. The Kier molecular flexibility index (Phi) is 5.45. The van der Waals surface area contributed by atoms with Gasteiger partial charge in [0, 0.05) is 23.7 Å². The minimum atomic E-state index is -0.0909. The number of hydrogen-bond donors (Lipinski definition) is 2. The van der Waals surface area contributed by atoms with Crippen LogP contribution in [-0.4, -0.2) is 19.2 Å². The van der Waals surface area contributed by atoms with Crippen LogP contribution in [0.3, 0.4) is 0 Å². The van der Waals surface area contributed by atoms with Crippen molar-refractivity contribution in [2.24, 2.45) is 11.7 Å². The summed E-state index contributed by atoms with van der Waals surface area (Å²) in [5.41, 5.74) is 6.78. The lowest BCUT2D eigenvalue weighted by molar-refractivity contribution is 0.267. The molecule has 0 aromatic heterocycles. The Balaban J connectivity index is 2.79. The normalized spacial score (nSPS) is 14.6. The predicted octanol–water partition coefficient (Wildman–Crippen LogP) is 2.81. The Morgan fingerprint density at radius 2 is 2.11 bits per heavy atom. The van der Waals surface area contributed by atoms with E-state index in [1.165, 1.54) is 0 Å². The van der Waals surface area contributed by atoms with Crippen molar-refractivity contribution in [3.05, 3.63) is 28.8 Å². The second-order valence-corrected chi connectivity index (χ2v) is 5.49. The van der Waals surface area contributed by atoms with E-state index in [4.69, 9.17) is 22.1 Å². The van der Waals surface area contributed by atoms with E-state index in [0.29, 0.717) is 19.0 Å².